The maximum absolute atomic E-state index is 6.42. The summed E-state index contributed by atoms with van der Waals surface area (Å²) in [5, 5.41) is 1.49. The molecule has 170 valence electrons. The van der Waals surface area contributed by atoms with Crippen molar-refractivity contribution in [3.8, 4) is 11.1 Å². The van der Waals surface area contributed by atoms with Crippen molar-refractivity contribution in [1.82, 2.24) is 14.9 Å². The van der Waals surface area contributed by atoms with E-state index in [1.54, 1.807) is 11.3 Å². The molecule has 5 rings (SSSR count). The zero-order valence-corrected chi connectivity index (χ0v) is 20.8. The molecule has 0 unspecified atom stereocenters. The molecule has 0 atom stereocenters. The summed E-state index contributed by atoms with van der Waals surface area (Å²) in [5.41, 5.74) is 5.23. The van der Waals surface area contributed by atoms with Gasteiger partial charge < -0.3 is 4.90 Å². The van der Waals surface area contributed by atoms with Gasteiger partial charge in [-0.3, -0.25) is 4.90 Å². The number of halogens is 1. The SMILES string of the molecule is CCc1ccc(-c2c(CC)sc3nc(Cl)nc(N4CCN(Cc5ccccc5)CC4)c23)cc1. The number of piperazine rings is 1. The maximum atomic E-state index is 6.42. The van der Waals surface area contributed by atoms with Gasteiger partial charge in [0.15, 0.2) is 0 Å². The zero-order valence-electron chi connectivity index (χ0n) is 19.2. The number of aromatic nitrogens is 2. The average Bonchev–Trinajstić information content (AvgIpc) is 3.23. The normalized spacial score (nSPS) is 14.8. The number of nitrogens with zero attached hydrogens (tertiary/aromatic N) is 4. The molecule has 1 fully saturated rings. The molecule has 1 aliphatic rings. The van der Waals surface area contributed by atoms with Crippen molar-refractivity contribution in [2.45, 2.75) is 33.2 Å². The molecule has 6 heteroatoms. The Kier molecular flexibility index (Phi) is 6.63. The number of rotatable bonds is 6. The van der Waals surface area contributed by atoms with Crippen LogP contribution < -0.4 is 4.90 Å². The first-order valence-corrected chi connectivity index (χ1v) is 12.9. The zero-order chi connectivity index (χ0) is 22.8. The average molecular weight is 477 g/mol. The minimum atomic E-state index is 0.334. The van der Waals surface area contributed by atoms with Crippen molar-refractivity contribution in [2.75, 3.05) is 31.1 Å². The van der Waals surface area contributed by atoms with E-state index < -0.39 is 0 Å². The summed E-state index contributed by atoms with van der Waals surface area (Å²) < 4.78 is 0. The maximum Gasteiger partial charge on any atom is 0.225 e. The van der Waals surface area contributed by atoms with Gasteiger partial charge in [-0.15, -0.1) is 11.3 Å². The van der Waals surface area contributed by atoms with Gasteiger partial charge in [-0.2, -0.15) is 4.98 Å². The third kappa shape index (κ3) is 4.63. The second kappa shape index (κ2) is 9.80. The molecule has 0 spiro atoms. The molecule has 0 saturated carbocycles. The predicted octanol–water partition coefficient (Wildman–Crippen LogP) is 6.46. The van der Waals surface area contributed by atoms with Crippen molar-refractivity contribution in [3.63, 3.8) is 0 Å². The van der Waals surface area contributed by atoms with E-state index in [2.05, 4.69) is 83.2 Å². The summed E-state index contributed by atoms with van der Waals surface area (Å²) in [6.45, 7) is 9.26. The topological polar surface area (TPSA) is 32.3 Å². The van der Waals surface area contributed by atoms with Crippen LogP contribution in [0, 0.1) is 0 Å². The number of thiophene rings is 1. The van der Waals surface area contributed by atoms with Crippen LogP contribution >= 0.6 is 22.9 Å². The quantitative estimate of drug-likeness (QED) is 0.299. The van der Waals surface area contributed by atoms with Crippen LogP contribution in [0.2, 0.25) is 5.28 Å². The van der Waals surface area contributed by atoms with E-state index in [9.17, 15) is 0 Å². The molecule has 1 aliphatic heterocycles. The van der Waals surface area contributed by atoms with E-state index in [1.807, 2.05) is 0 Å². The van der Waals surface area contributed by atoms with Crippen molar-refractivity contribution < 1.29 is 0 Å². The fourth-order valence-electron chi connectivity index (χ4n) is 4.65. The lowest BCUT2D eigenvalue weighted by atomic mass is 10.00. The summed E-state index contributed by atoms with van der Waals surface area (Å²) in [7, 11) is 0. The smallest absolute Gasteiger partial charge is 0.225 e. The molecule has 33 heavy (non-hydrogen) atoms. The largest absolute Gasteiger partial charge is 0.353 e. The molecule has 0 N–H and O–H groups in total. The van der Waals surface area contributed by atoms with Gasteiger partial charge in [-0.1, -0.05) is 68.4 Å². The molecule has 0 amide bonds. The van der Waals surface area contributed by atoms with Crippen LogP contribution in [0.5, 0.6) is 0 Å². The first-order valence-electron chi connectivity index (χ1n) is 11.8. The monoisotopic (exact) mass is 476 g/mol. The minimum Gasteiger partial charge on any atom is -0.353 e. The Hall–Kier alpha value is -2.47. The van der Waals surface area contributed by atoms with Crippen LogP contribution in [-0.2, 0) is 19.4 Å². The first kappa shape index (κ1) is 22.3. The highest BCUT2D eigenvalue weighted by Crippen LogP contribution is 2.43. The molecule has 2 aromatic heterocycles. The summed E-state index contributed by atoms with van der Waals surface area (Å²) >= 11 is 8.17. The molecule has 4 aromatic rings. The lowest BCUT2D eigenvalue weighted by Crippen LogP contribution is -2.46. The first-order chi connectivity index (χ1) is 16.2. The Labute approximate surface area is 204 Å². The van der Waals surface area contributed by atoms with E-state index >= 15 is 0 Å². The van der Waals surface area contributed by atoms with Crippen LogP contribution in [0.1, 0.15) is 29.9 Å². The summed E-state index contributed by atoms with van der Waals surface area (Å²) in [6.07, 6.45) is 2.01. The molecule has 2 aromatic carbocycles. The molecule has 0 bridgehead atoms. The van der Waals surface area contributed by atoms with Gasteiger partial charge in [-0.05, 0) is 41.1 Å². The third-order valence-electron chi connectivity index (χ3n) is 6.47. The van der Waals surface area contributed by atoms with Crippen LogP contribution in [0.15, 0.2) is 54.6 Å². The molecule has 4 nitrogen and oxygen atoms in total. The second-order valence-electron chi connectivity index (χ2n) is 8.55. The molecule has 1 saturated heterocycles. The third-order valence-corrected chi connectivity index (χ3v) is 7.87. The van der Waals surface area contributed by atoms with Gasteiger partial charge in [0.2, 0.25) is 5.28 Å². The highest BCUT2D eigenvalue weighted by atomic mass is 35.5. The van der Waals surface area contributed by atoms with E-state index in [0.717, 1.165) is 61.6 Å². The number of hydrogen-bond acceptors (Lipinski definition) is 5. The fourth-order valence-corrected chi connectivity index (χ4v) is 5.99. The highest BCUT2D eigenvalue weighted by Gasteiger charge is 2.25. The number of aryl methyl sites for hydroxylation is 2. The molecular weight excluding hydrogens is 448 g/mol. The summed E-state index contributed by atoms with van der Waals surface area (Å²) in [6, 6.07) is 19.7. The van der Waals surface area contributed by atoms with Gasteiger partial charge in [0, 0.05) is 43.2 Å². The number of fused-ring (bicyclic) bond motifs is 1. The predicted molar refractivity (Wildman–Crippen MR) is 141 cm³/mol. The van der Waals surface area contributed by atoms with E-state index in [-0.39, 0.29) is 0 Å². The van der Waals surface area contributed by atoms with E-state index in [1.165, 1.54) is 27.1 Å². The molecule has 0 radical (unpaired) electrons. The number of anilines is 1. The van der Waals surface area contributed by atoms with Crippen LogP contribution in [-0.4, -0.2) is 41.0 Å². The number of hydrogen-bond donors (Lipinski definition) is 0. The Balaban J connectivity index is 1.48. The van der Waals surface area contributed by atoms with E-state index in [0.29, 0.717) is 5.28 Å². The van der Waals surface area contributed by atoms with Gasteiger partial charge in [0.05, 0.1) is 5.39 Å². The minimum absolute atomic E-state index is 0.334. The Morgan fingerprint density at radius 3 is 2.24 bits per heavy atom. The molecular formula is C27H29ClN4S. The van der Waals surface area contributed by atoms with Crippen LogP contribution in [0.3, 0.4) is 0 Å². The van der Waals surface area contributed by atoms with Crippen molar-refractivity contribution in [2.24, 2.45) is 0 Å². The van der Waals surface area contributed by atoms with Crippen molar-refractivity contribution in [1.29, 1.82) is 0 Å². The fraction of sp³-hybridized carbons (Fsp3) is 0.333. The lowest BCUT2D eigenvalue weighted by Gasteiger charge is -2.35. The summed E-state index contributed by atoms with van der Waals surface area (Å²) in [5.74, 6) is 0.981. The van der Waals surface area contributed by atoms with Gasteiger partial charge >= 0.3 is 0 Å². The summed E-state index contributed by atoms with van der Waals surface area (Å²) in [4.78, 5) is 16.6. The van der Waals surface area contributed by atoms with Gasteiger partial charge in [-0.25, -0.2) is 4.98 Å². The molecule has 0 aliphatic carbocycles. The van der Waals surface area contributed by atoms with Gasteiger partial charge in [0.25, 0.3) is 0 Å². The van der Waals surface area contributed by atoms with E-state index in [4.69, 9.17) is 16.6 Å². The number of benzene rings is 2. The Morgan fingerprint density at radius 2 is 1.58 bits per heavy atom. The second-order valence-corrected chi connectivity index (χ2v) is 9.97. The molecule has 3 heterocycles. The standard InChI is InChI=1S/C27H29ClN4S/c1-3-19-10-12-21(13-11-19)23-22(4-2)33-26-24(23)25(29-27(28)30-26)32-16-14-31(15-17-32)18-20-8-6-5-7-9-20/h5-13H,3-4,14-18H2,1-2H3. The van der Waals surface area contributed by atoms with Crippen molar-refractivity contribution in [3.05, 3.63) is 75.9 Å². The van der Waals surface area contributed by atoms with Crippen LogP contribution in [0.25, 0.3) is 21.3 Å². The van der Waals surface area contributed by atoms with Crippen LogP contribution in [0.4, 0.5) is 5.82 Å². The lowest BCUT2D eigenvalue weighted by molar-refractivity contribution is 0.249. The van der Waals surface area contributed by atoms with Crippen molar-refractivity contribution >= 4 is 39.0 Å². The van der Waals surface area contributed by atoms with Gasteiger partial charge in [0.1, 0.15) is 10.6 Å². The Bertz CT molecular complexity index is 1230. The Morgan fingerprint density at radius 1 is 0.848 bits per heavy atom. The highest BCUT2D eigenvalue weighted by molar-refractivity contribution is 7.19.